The van der Waals surface area contributed by atoms with Gasteiger partial charge in [0.2, 0.25) is 0 Å². The van der Waals surface area contributed by atoms with Crippen LogP contribution in [0.3, 0.4) is 0 Å². The van der Waals surface area contributed by atoms with Crippen LogP contribution in [0.4, 0.5) is 0 Å². The maximum absolute atomic E-state index is 9.51. The minimum Gasteiger partial charge on any atom is -0.387 e. The summed E-state index contributed by atoms with van der Waals surface area (Å²) >= 11 is 0. The van der Waals surface area contributed by atoms with Crippen molar-refractivity contribution >= 4 is 0 Å². The number of nitrogens with two attached hydrogens (primary N) is 1. The van der Waals surface area contributed by atoms with Gasteiger partial charge in [-0.15, -0.1) is 0 Å². The van der Waals surface area contributed by atoms with Gasteiger partial charge in [0.05, 0.1) is 5.60 Å². The smallest absolute Gasteiger partial charge is 0.118 e. The Hall–Kier alpha value is -0.120. The SMILES string of the molecule is NOC1(C2(O)CC2)CC1. The van der Waals surface area contributed by atoms with Gasteiger partial charge in [-0.25, -0.2) is 5.90 Å². The summed E-state index contributed by atoms with van der Waals surface area (Å²) in [5.74, 6) is 5.03. The summed E-state index contributed by atoms with van der Waals surface area (Å²) in [5, 5.41) is 9.51. The molecule has 0 saturated heterocycles. The number of rotatable bonds is 2. The average Bonchev–Trinajstić information content (AvgIpc) is 2.61. The van der Waals surface area contributed by atoms with Crippen molar-refractivity contribution in [1.29, 1.82) is 0 Å². The van der Waals surface area contributed by atoms with E-state index < -0.39 is 5.60 Å². The maximum Gasteiger partial charge on any atom is 0.118 e. The first-order valence-corrected chi connectivity index (χ1v) is 3.33. The van der Waals surface area contributed by atoms with Gasteiger partial charge in [0.25, 0.3) is 0 Å². The zero-order chi connectivity index (χ0) is 6.54. The van der Waals surface area contributed by atoms with Crippen LogP contribution in [0.2, 0.25) is 0 Å². The van der Waals surface area contributed by atoms with Crippen molar-refractivity contribution in [3.63, 3.8) is 0 Å². The summed E-state index contributed by atoms with van der Waals surface area (Å²) in [6, 6.07) is 0. The molecule has 2 fully saturated rings. The Morgan fingerprint density at radius 1 is 1.22 bits per heavy atom. The van der Waals surface area contributed by atoms with E-state index in [0.29, 0.717) is 0 Å². The molecule has 0 aromatic heterocycles. The quantitative estimate of drug-likeness (QED) is 0.513. The van der Waals surface area contributed by atoms with Crippen LogP contribution in [0.1, 0.15) is 25.7 Å². The highest BCUT2D eigenvalue weighted by Gasteiger charge is 2.66. The van der Waals surface area contributed by atoms with E-state index in [-0.39, 0.29) is 5.60 Å². The highest BCUT2D eigenvalue weighted by Crippen LogP contribution is 2.58. The van der Waals surface area contributed by atoms with Crippen LogP contribution in [0, 0.1) is 0 Å². The van der Waals surface area contributed by atoms with E-state index in [2.05, 4.69) is 0 Å². The van der Waals surface area contributed by atoms with Gasteiger partial charge in [0.1, 0.15) is 5.60 Å². The van der Waals surface area contributed by atoms with Gasteiger partial charge < -0.3 is 5.11 Å². The van der Waals surface area contributed by atoms with E-state index in [4.69, 9.17) is 10.7 Å². The van der Waals surface area contributed by atoms with Gasteiger partial charge >= 0.3 is 0 Å². The molecule has 0 spiro atoms. The second kappa shape index (κ2) is 1.31. The molecule has 0 unspecified atom stereocenters. The lowest BCUT2D eigenvalue weighted by atomic mass is 10.1. The topological polar surface area (TPSA) is 55.5 Å². The molecule has 0 aromatic rings. The standard InChI is InChI=1S/C6H11NO2/c7-9-6(3-4-6)5(8)1-2-5/h8H,1-4,7H2. The first-order valence-electron chi connectivity index (χ1n) is 3.33. The fraction of sp³-hybridized carbons (Fsp3) is 1.00. The molecule has 9 heavy (non-hydrogen) atoms. The third kappa shape index (κ3) is 0.569. The van der Waals surface area contributed by atoms with Crippen molar-refractivity contribution in [3.8, 4) is 0 Å². The van der Waals surface area contributed by atoms with Gasteiger partial charge in [-0.2, -0.15) is 0 Å². The first-order chi connectivity index (χ1) is 4.22. The van der Waals surface area contributed by atoms with E-state index in [1.165, 1.54) is 0 Å². The Bertz CT molecular complexity index is 138. The molecule has 2 aliphatic rings. The molecule has 2 rings (SSSR count). The summed E-state index contributed by atoms with van der Waals surface area (Å²) < 4.78 is 0. The summed E-state index contributed by atoms with van der Waals surface area (Å²) in [4.78, 5) is 4.73. The lowest BCUT2D eigenvalue weighted by Gasteiger charge is -2.17. The van der Waals surface area contributed by atoms with E-state index >= 15 is 0 Å². The number of hydrogen-bond donors (Lipinski definition) is 2. The summed E-state index contributed by atoms with van der Waals surface area (Å²) in [6.07, 6.45) is 3.59. The van der Waals surface area contributed by atoms with E-state index in [9.17, 15) is 5.11 Å². The lowest BCUT2D eigenvalue weighted by molar-refractivity contribution is -0.0742. The molecule has 0 heterocycles. The number of hydrogen-bond acceptors (Lipinski definition) is 3. The molecule has 3 nitrogen and oxygen atoms in total. The maximum atomic E-state index is 9.51. The van der Waals surface area contributed by atoms with Gasteiger partial charge in [-0.05, 0) is 25.7 Å². The van der Waals surface area contributed by atoms with E-state index in [1.54, 1.807) is 0 Å². The van der Waals surface area contributed by atoms with Crippen LogP contribution in [-0.2, 0) is 4.84 Å². The molecule has 52 valence electrons. The zero-order valence-electron chi connectivity index (χ0n) is 5.26. The van der Waals surface area contributed by atoms with Crippen molar-refractivity contribution in [2.24, 2.45) is 5.90 Å². The van der Waals surface area contributed by atoms with Crippen molar-refractivity contribution in [2.45, 2.75) is 36.9 Å². The average molecular weight is 129 g/mol. The van der Waals surface area contributed by atoms with Crippen molar-refractivity contribution in [2.75, 3.05) is 0 Å². The van der Waals surface area contributed by atoms with Crippen LogP contribution in [-0.4, -0.2) is 16.3 Å². The van der Waals surface area contributed by atoms with E-state index in [1.807, 2.05) is 0 Å². The molecule has 0 aliphatic heterocycles. The van der Waals surface area contributed by atoms with Crippen molar-refractivity contribution in [1.82, 2.24) is 0 Å². The molecule has 3 N–H and O–H groups in total. The zero-order valence-corrected chi connectivity index (χ0v) is 5.26. The summed E-state index contributed by atoms with van der Waals surface area (Å²) in [5.41, 5.74) is -0.866. The molecule has 2 saturated carbocycles. The fourth-order valence-corrected chi connectivity index (χ4v) is 1.38. The van der Waals surface area contributed by atoms with Crippen LogP contribution in [0.25, 0.3) is 0 Å². The normalized spacial score (nSPS) is 34.0. The number of aliphatic hydroxyl groups is 1. The van der Waals surface area contributed by atoms with Gasteiger partial charge in [-0.1, -0.05) is 0 Å². The Morgan fingerprint density at radius 2 is 1.78 bits per heavy atom. The van der Waals surface area contributed by atoms with Crippen LogP contribution in [0.5, 0.6) is 0 Å². The molecule has 0 bridgehead atoms. The second-order valence-electron chi connectivity index (χ2n) is 3.14. The molecule has 0 amide bonds. The molecule has 2 aliphatic carbocycles. The minimum absolute atomic E-state index is 0.326. The Kier molecular flexibility index (Phi) is 0.822. The monoisotopic (exact) mass is 129 g/mol. The van der Waals surface area contributed by atoms with Gasteiger partial charge in [-0.3, -0.25) is 4.84 Å². The molecular weight excluding hydrogens is 118 g/mol. The predicted molar refractivity (Wildman–Crippen MR) is 31.4 cm³/mol. The third-order valence-corrected chi connectivity index (χ3v) is 2.50. The highest BCUT2D eigenvalue weighted by atomic mass is 16.6. The van der Waals surface area contributed by atoms with Gasteiger partial charge in [0, 0.05) is 0 Å². The predicted octanol–water partition coefficient (Wildman–Crippen LogP) is -0.0658. The molecule has 0 atom stereocenters. The molecule has 3 heteroatoms. The van der Waals surface area contributed by atoms with Crippen molar-refractivity contribution < 1.29 is 9.94 Å². The minimum atomic E-state index is -0.540. The summed E-state index contributed by atoms with van der Waals surface area (Å²) in [7, 11) is 0. The molecule has 0 aromatic carbocycles. The van der Waals surface area contributed by atoms with E-state index in [0.717, 1.165) is 25.7 Å². The second-order valence-corrected chi connectivity index (χ2v) is 3.14. The molecule has 0 radical (unpaired) electrons. The highest BCUT2D eigenvalue weighted by molar-refractivity contribution is 5.18. The Labute approximate surface area is 53.8 Å². The lowest BCUT2D eigenvalue weighted by Crippen LogP contribution is -2.35. The van der Waals surface area contributed by atoms with Gasteiger partial charge in [0.15, 0.2) is 0 Å². The summed E-state index contributed by atoms with van der Waals surface area (Å²) in [6.45, 7) is 0. The largest absolute Gasteiger partial charge is 0.387 e. The Morgan fingerprint density at radius 3 is 1.89 bits per heavy atom. The third-order valence-electron chi connectivity index (χ3n) is 2.50. The van der Waals surface area contributed by atoms with Crippen molar-refractivity contribution in [3.05, 3.63) is 0 Å². The fourth-order valence-electron chi connectivity index (χ4n) is 1.38. The molecular formula is C6H11NO2. The van der Waals surface area contributed by atoms with Crippen LogP contribution in [0.15, 0.2) is 0 Å². The Balaban J connectivity index is 2.11. The van der Waals surface area contributed by atoms with Crippen LogP contribution >= 0.6 is 0 Å². The van der Waals surface area contributed by atoms with Crippen LogP contribution < -0.4 is 5.90 Å². The first kappa shape index (κ1) is 5.65.